The van der Waals surface area contributed by atoms with Gasteiger partial charge in [-0.1, -0.05) is 0 Å². The van der Waals surface area contributed by atoms with Crippen LogP contribution in [0.1, 0.15) is 39.2 Å². The van der Waals surface area contributed by atoms with Gasteiger partial charge in [-0.3, -0.25) is 9.59 Å². The van der Waals surface area contributed by atoms with Crippen molar-refractivity contribution >= 4 is 40.3 Å². The van der Waals surface area contributed by atoms with Gasteiger partial charge in [-0.2, -0.15) is 11.8 Å². The van der Waals surface area contributed by atoms with Crippen molar-refractivity contribution in [2.75, 3.05) is 37.0 Å². The molecule has 1 aliphatic heterocycles. The lowest BCUT2D eigenvalue weighted by Crippen LogP contribution is -2.37. The molecule has 0 saturated carbocycles. The van der Waals surface area contributed by atoms with Gasteiger partial charge in [0.05, 0.1) is 12.5 Å². The molecule has 1 N–H and O–H groups in total. The number of amides is 2. The van der Waals surface area contributed by atoms with Crippen LogP contribution in [0.3, 0.4) is 0 Å². The number of benzene rings is 1. The molecule has 2 amide bonds. The van der Waals surface area contributed by atoms with E-state index in [0.29, 0.717) is 24.3 Å². The molecule has 3 aromatic rings. The Balaban J connectivity index is 1.44. The van der Waals surface area contributed by atoms with Crippen LogP contribution in [-0.4, -0.2) is 63.2 Å². The Morgan fingerprint density at radius 3 is 2.59 bits per heavy atom. The van der Waals surface area contributed by atoms with Crippen LogP contribution in [0.15, 0.2) is 18.2 Å². The number of methoxy groups -OCH3 is 1. The molecule has 0 atom stereocenters. The van der Waals surface area contributed by atoms with Gasteiger partial charge in [0.2, 0.25) is 11.8 Å². The van der Waals surface area contributed by atoms with Gasteiger partial charge < -0.3 is 15.0 Å². The van der Waals surface area contributed by atoms with Crippen LogP contribution >= 0.6 is 11.8 Å². The number of hydrogen-bond acceptors (Lipinski definition) is 6. The lowest BCUT2D eigenvalue weighted by molar-refractivity contribution is -0.116. The summed E-state index contributed by atoms with van der Waals surface area (Å²) in [6.45, 7) is 7.46. The number of rotatable bonds is 6. The SMILES string of the molecule is COc1nn(C)c2nc(C)c(CCC(=O)Nc3ccc(C(=O)N4CCSCC4)cc3C)c(C)c12. The predicted molar refractivity (Wildman–Crippen MR) is 136 cm³/mol. The zero-order valence-corrected chi connectivity index (χ0v) is 21.2. The van der Waals surface area contributed by atoms with E-state index < -0.39 is 0 Å². The van der Waals surface area contributed by atoms with Gasteiger partial charge in [0.1, 0.15) is 0 Å². The largest absolute Gasteiger partial charge is 0.479 e. The molecule has 8 nitrogen and oxygen atoms in total. The highest BCUT2D eigenvalue weighted by Gasteiger charge is 2.20. The van der Waals surface area contributed by atoms with Crippen LogP contribution in [0.4, 0.5) is 5.69 Å². The Bertz CT molecular complexity index is 1250. The Labute approximate surface area is 204 Å². The summed E-state index contributed by atoms with van der Waals surface area (Å²) in [5, 5.41) is 8.27. The Kier molecular flexibility index (Phi) is 7.11. The Hall–Kier alpha value is -3.07. The number of carbonyl (C=O) groups is 2. The van der Waals surface area contributed by atoms with Crippen molar-refractivity contribution in [3.05, 3.63) is 46.1 Å². The summed E-state index contributed by atoms with van der Waals surface area (Å²) in [4.78, 5) is 32.1. The van der Waals surface area contributed by atoms with Crippen LogP contribution in [0.5, 0.6) is 5.88 Å². The average Bonchev–Trinajstić information content (AvgIpc) is 3.15. The lowest BCUT2D eigenvalue weighted by Gasteiger charge is -2.26. The minimum Gasteiger partial charge on any atom is -0.479 e. The summed E-state index contributed by atoms with van der Waals surface area (Å²) in [5.41, 5.74) is 6.00. The predicted octanol–water partition coefficient (Wildman–Crippen LogP) is 3.66. The van der Waals surface area contributed by atoms with Crippen LogP contribution in [0.2, 0.25) is 0 Å². The molecule has 9 heteroatoms. The van der Waals surface area contributed by atoms with E-state index >= 15 is 0 Å². The molecule has 3 heterocycles. The zero-order valence-electron chi connectivity index (χ0n) is 20.4. The number of aryl methyl sites for hydroxylation is 4. The number of aromatic nitrogens is 3. The van der Waals surface area contributed by atoms with Gasteiger partial charge in [-0.25, -0.2) is 9.67 Å². The average molecular weight is 482 g/mol. The van der Waals surface area contributed by atoms with Gasteiger partial charge in [0.25, 0.3) is 5.91 Å². The van der Waals surface area contributed by atoms with Crippen molar-refractivity contribution in [1.29, 1.82) is 0 Å². The quantitative estimate of drug-likeness (QED) is 0.578. The fraction of sp³-hybridized carbons (Fsp3) is 0.440. The fourth-order valence-corrected chi connectivity index (χ4v) is 5.35. The third kappa shape index (κ3) is 4.75. The molecule has 1 fully saturated rings. The summed E-state index contributed by atoms with van der Waals surface area (Å²) in [7, 11) is 3.44. The molecule has 1 aliphatic rings. The number of carbonyl (C=O) groups excluding carboxylic acids is 2. The molecule has 0 bridgehead atoms. The fourth-order valence-electron chi connectivity index (χ4n) is 4.44. The first-order chi connectivity index (χ1) is 16.3. The van der Waals surface area contributed by atoms with E-state index in [1.54, 1.807) is 17.9 Å². The molecule has 34 heavy (non-hydrogen) atoms. The number of nitrogens with one attached hydrogen (secondary N) is 1. The van der Waals surface area contributed by atoms with Crippen LogP contribution in [-0.2, 0) is 18.3 Å². The lowest BCUT2D eigenvalue weighted by atomic mass is 10.00. The number of ether oxygens (including phenoxy) is 1. The monoisotopic (exact) mass is 481 g/mol. The molecule has 1 aromatic carbocycles. The number of nitrogens with zero attached hydrogens (tertiary/aromatic N) is 4. The van der Waals surface area contributed by atoms with Crippen molar-refractivity contribution in [2.24, 2.45) is 7.05 Å². The van der Waals surface area contributed by atoms with Crippen LogP contribution < -0.4 is 10.1 Å². The molecule has 1 saturated heterocycles. The Morgan fingerprint density at radius 1 is 1.18 bits per heavy atom. The van der Waals surface area contributed by atoms with E-state index in [-0.39, 0.29) is 11.8 Å². The maximum atomic E-state index is 12.8. The summed E-state index contributed by atoms with van der Waals surface area (Å²) >= 11 is 1.88. The van der Waals surface area contributed by atoms with Crippen molar-refractivity contribution in [1.82, 2.24) is 19.7 Å². The Morgan fingerprint density at radius 2 is 1.91 bits per heavy atom. The molecular formula is C25H31N5O3S. The summed E-state index contributed by atoms with van der Waals surface area (Å²) in [6, 6.07) is 5.48. The third-order valence-corrected chi connectivity index (χ3v) is 7.31. The second-order valence-electron chi connectivity index (χ2n) is 8.61. The standard InChI is InChI=1S/C25H31N5O3S/c1-15-14-18(25(32)30-10-12-34-13-11-30)6-8-20(15)27-21(31)9-7-19-16(2)22-23(26-17(19)3)29(4)28-24(22)33-5/h6,8,14H,7,9-13H2,1-5H3,(H,27,31). The van der Waals surface area contributed by atoms with Gasteiger partial charge in [0, 0.05) is 55.0 Å². The molecule has 180 valence electrons. The van der Waals surface area contributed by atoms with E-state index in [0.717, 1.165) is 63.7 Å². The highest BCUT2D eigenvalue weighted by Crippen LogP contribution is 2.30. The summed E-state index contributed by atoms with van der Waals surface area (Å²) < 4.78 is 7.14. The molecule has 2 aromatic heterocycles. The minimum atomic E-state index is -0.0766. The minimum absolute atomic E-state index is 0.0564. The highest BCUT2D eigenvalue weighted by atomic mass is 32.2. The van der Waals surface area contributed by atoms with Gasteiger partial charge in [0.15, 0.2) is 5.65 Å². The molecule has 0 spiro atoms. The molecule has 0 unspecified atom stereocenters. The second-order valence-corrected chi connectivity index (χ2v) is 9.84. The van der Waals surface area contributed by atoms with E-state index in [2.05, 4.69) is 10.4 Å². The molecule has 4 rings (SSSR count). The van der Waals surface area contributed by atoms with Crippen molar-refractivity contribution in [3.63, 3.8) is 0 Å². The maximum absolute atomic E-state index is 12.8. The van der Waals surface area contributed by atoms with Crippen molar-refractivity contribution < 1.29 is 14.3 Å². The molecular weight excluding hydrogens is 450 g/mol. The first kappa shape index (κ1) is 24.1. The first-order valence-electron chi connectivity index (χ1n) is 11.4. The number of hydrogen-bond donors (Lipinski definition) is 1. The maximum Gasteiger partial charge on any atom is 0.253 e. The van der Waals surface area contributed by atoms with Crippen molar-refractivity contribution in [2.45, 2.75) is 33.6 Å². The van der Waals surface area contributed by atoms with Gasteiger partial charge >= 0.3 is 0 Å². The zero-order chi connectivity index (χ0) is 24.4. The van der Waals surface area contributed by atoms with Gasteiger partial charge in [-0.05, 0) is 62.1 Å². The highest BCUT2D eigenvalue weighted by molar-refractivity contribution is 7.99. The molecule has 0 aliphatic carbocycles. The van der Waals surface area contributed by atoms with E-state index in [4.69, 9.17) is 9.72 Å². The van der Waals surface area contributed by atoms with Crippen molar-refractivity contribution in [3.8, 4) is 5.88 Å². The third-order valence-electron chi connectivity index (χ3n) is 6.36. The topological polar surface area (TPSA) is 89.3 Å². The number of pyridine rings is 1. The summed E-state index contributed by atoms with van der Waals surface area (Å²) in [5.74, 6) is 2.48. The first-order valence-corrected chi connectivity index (χ1v) is 12.6. The smallest absolute Gasteiger partial charge is 0.253 e. The van der Waals surface area contributed by atoms with E-state index in [1.807, 2.05) is 56.6 Å². The number of thioether (sulfide) groups is 1. The van der Waals surface area contributed by atoms with Gasteiger partial charge in [-0.15, -0.1) is 5.10 Å². The number of fused-ring (bicyclic) bond motifs is 1. The second kappa shape index (κ2) is 10.0. The summed E-state index contributed by atoms with van der Waals surface area (Å²) in [6.07, 6.45) is 0.885. The molecule has 0 radical (unpaired) electrons. The van der Waals surface area contributed by atoms with E-state index in [9.17, 15) is 9.59 Å². The van der Waals surface area contributed by atoms with E-state index in [1.165, 1.54) is 0 Å². The van der Waals surface area contributed by atoms with Crippen LogP contribution in [0.25, 0.3) is 11.0 Å². The van der Waals surface area contributed by atoms with Crippen LogP contribution in [0, 0.1) is 20.8 Å². The number of anilines is 1. The normalized spacial score (nSPS) is 13.9.